The third kappa shape index (κ3) is 4.40. The molecule has 0 radical (unpaired) electrons. The van der Waals surface area contributed by atoms with Gasteiger partial charge in [0.2, 0.25) is 0 Å². The minimum absolute atomic E-state index is 0.223. The zero-order chi connectivity index (χ0) is 13.7. The van der Waals surface area contributed by atoms with Crippen LogP contribution in [0.3, 0.4) is 0 Å². The number of hydrogen-bond acceptors (Lipinski definition) is 4. The molecular formula is C15H25N3O. The van der Waals surface area contributed by atoms with E-state index in [2.05, 4.69) is 34.7 Å². The zero-order valence-electron chi connectivity index (χ0n) is 12.1. The van der Waals surface area contributed by atoms with Crippen LogP contribution in [0.2, 0.25) is 0 Å². The van der Waals surface area contributed by atoms with Crippen molar-refractivity contribution in [3.63, 3.8) is 0 Å². The Morgan fingerprint density at radius 2 is 2.11 bits per heavy atom. The lowest BCUT2D eigenvalue weighted by molar-refractivity contribution is 0.209. The number of nitrogens with zero attached hydrogens (tertiary/aromatic N) is 1. The lowest BCUT2D eigenvalue weighted by atomic mass is 10.2. The molecule has 1 unspecified atom stereocenters. The van der Waals surface area contributed by atoms with Crippen molar-refractivity contribution < 1.29 is 4.74 Å². The molecule has 0 aliphatic carbocycles. The molecule has 0 bridgehead atoms. The summed E-state index contributed by atoms with van der Waals surface area (Å²) in [6, 6.07) is 8.75. The first-order valence-corrected chi connectivity index (χ1v) is 7.06. The van der Waals surface area contributed by atoms with Crippen LogP contribution in [0.15, 0.2) is 24.3 Å². The minimum Gasteiger partial charge on any atom is -0.491 e. The van der Waals surface area contributed by atoms with Crippen molar-refractivity contribution in [1.29, 1.82) is 0 Å². The lowest BCUT2D eigenvalue weighted by Crippen LogP contribution is -2.52. The predicted octanol–water partition coefficient (Wildman–Crippen LogP) is 1.79. The van der Waals surface area contributed by atoms with Gasteiger partial charge in [-0.1, -0.05) is 0 Å². The largest absolute Gasteiger partial charge is 0.491 e. The monoisotopic (exact) mass is 263 g/mol. The van der Waals surface area contributed by atoms with E-state index in [0.717, 1.165) is 37.6 Å². The third-order valence-corrected chi connectivity index (χ3v) is 3.41. The summed E-state index contributed by atoms with van der Waals surface area (Å²) in [5.41, 5.74) is 1.15. The minimum atomic E-state index is 0.223. The number of anilines is 1. The molecule has 1 aromatic carbocycles. The first-order valence-electron chi connectivity index (χ1n) is 7.06. The molecule has 2 rings (SSSR count). The van der Waals surface area contributed by atoms with Crippen molar-refractivity contribution in [2.75, 3.05) is 38.5 Å². The highest BCUT2D eigenvalue weighted by Crippen LogP contribution is 2.17. The van der Waals surface area contributed by atoms with E-state index in [0.29, 0.717) is 6.04 Å². The van der Waals surface area contributed by atoms with Gasteiger partial charge in [0.25, 0.3) is 0 Å². The second-order valence-electron chi connectivity index (χ2n) is 5.41. The van der Waals surface area contributed by atoms with E-state index in [-0.39, 0.29) is 6.10 Å². The summed E-state index contributed by atoms with van der Waals surface area (Å²) in [5.74, 6) is 0.928. The average Bonchev–Trinajstić information content (AvgIpc) is 2.39. The van der Waals surface area contributed by atoms with E-state index in [1.165, 1.54) is 0 Å². The number of benzene rings is 1. The van der Waals surface area contributed by atoms with Gasteiger partial charge in [0.05, 0.1) is 6.10 Å². The molecule has 1 aromatic rings. The highest BCUT2D eigenvalue weighted by atomic mass is 16.5. The molecule has 1 aliphatic heterocycles. The van der Waals surface area contributed by atoms with Gasteiger partial charge >= 0.3 is 0 Å². The van der Waals surface area contributed by atoms with Crippen molar-refractivity contribution >= 4 is 5.69 Å². The number of nitrogens with one attached hydrogen (secondary N) is 2. The summed E-state index contributed by atoms with van der Waals surface area (Å²) in [6.45, 7) is 8.31. The Balaban J connectivity index is 1.82. The Hall–Kier alpha value is -1.26. The lowest BCUT2D eigenvalue weighted by Gasteiger charge is -2.33. The topological polar surface area (TPSA) is 36.5 Å². The Morgan fingerprint density at radius 3 is 2.74 bits per heavy atom. The highest BCUT2D eigenvalue weighted by Gasteiger charge is 2.17. The normalized spacial score (nSPS) is 20.5. The summed E-state index contributed by atoms with van der Waals surface area (Å²) in [4.78, 5) is 2.40. The van der Waals surface area contributed by atoms with Crippen molar-refractivity contribution in [2.24, 2.45) is 0 Å². The number of hydrogen-bond donors (Lipinski definition) is 2. The summed E-state index contributed by atoms with van der Waals surface area (Å²) in [5, 5.41) is 6.92. The van der Waals surface area contributed by atoms with Crippen LogP contribution in [0.4, 0.5) is 5.69 Å². The van der Waals surface area contributed by atoms with E-state index in [9.17, 15) is 0 Å². The van der Waals surface area contributed by atoms with Gasteiger partial charge in [-0.25, -0.2) is 0 Å². The maximum Gasteiger partial charge on any atom is 0.119 e. The molecular weight excluding hydrogens is 238 g/mol. The fourth-order valence-electron chi connectivity index (χ4n) is 2.25. The number of ether oxygens (including phenoxy) is 1. The summed E-state index contributed by atoms with van der Waals surface area (Å²) >= 11 is 0. The van der Waals surface area contributed by atoms with E-state index in [1.54, 1.807) is 0 Å². The third-order valence-electron chi connectivity index (χ3n) is 3.41. The quantitative estimate of drug-likeness (QED) is 0.849. The van der Waals surface area contributed by atoms with E-state index < -0.39 is 0 Å². The first-order chi connectivity index (χ1) is 9.15. The average molecular weight is 263 g/mol. The Morgan fingerprint density at radius 1 is 1.37 bits per heavy atom. The van der Waals surface area contributed by atoms with Gasteiger partial charge in [0, 0.05) is 37.9 Å². The number of rotatable bonds is 5. The summed E-state index contributed by atoms with van der Waals surface area (Å²) in [7, 11) is 2.19. The zero-order valence-corrected chi connectivity index (χ0v) is 12.1. The van der Waals surface area contributed by atoms with Gasteiger partial charge in [0.15, 0.2) is 0 Å². The molecule has 0 amide bonds. The molecule has 4 nitrogen and oxygen atoms in total. The first kappa shape index (κ1) is 14.2. The van der Waals surface area contributed by atoms with E-state index in [4.69, 9.17) is 4.74 Å². The standard InChI is InChI=1S/C15H25N3O/c1-12(2)19-15-6-4-13(5-7-15)17-11-14-10-16-8-9-18(14)3/h4-7,12,14,16-17H,8-11H2,1-3H3. The van der Waals surface area contributed by atoms with Crippen LogP contribution in [0.5, 0.6) is 5.75 Å². The van der Waals surface area contributed by atoms with Gasteiger partial charge in [-0.05, 0) is 45.2 Å². The van der Waals surface area contributed by atoms with Crippen LogP contribution >= 0.6 is 0 Å². The number of piperazine rings is 1. The Labute approximate surface area is 116 Å². The molecule has 0 aromatic heterocycles. The summed E-state index contributed by atoms with van der Waals surface area (Å²) in [6.07, 6.45) is 0.223. The maximum atomic E-state index is 5.63. The van der Waals surface area contributed by atoms with Gasteiger partial charge in [-0.15, -0.1) is 0 Å². The molecule has 0 saturated carbocycles. The Kier molecular flexibility index (Phi) is 5.05. The molecule has 1 fully saturated rings. The molecule has 2 N–H and O–H groups in total. The fourth-order valence-corrected chi connectivity index (χ4v) is 2.25. The van der Waals surface area contributed by atoms with Crippen molar-refractivity contribution in [1.82, 2.24) is 10.2 Å². The van der Waals surface area contributed by atoms with Crippen LogP contribution in [0, 0.1) is 0 Å². The maximum absolute atomic E-state index is 5.63. The molecule has 1 atom stereocenters. The highest BCUT2D eigenvalue weighted by molar-refractivity contribution is 5.46. The number of likely N-dealkylation sites (N-methyl/N-ethyl adjacent to an activating group) is 1. The van der Waals surface area contributed by atoms with Crippen LogP contribution in [0.1, 0.15) is 13.8 Å². The van der Waals surface area contributed by atoms with Gasteiger partial charge in [-0.2, -0.15) is 0 Å². The van der Waals surface area contributed by atoms with Gasteiger partial charge < -0.3 is 15.4 Å². The molecule has 19 heavy (non-hydrogen) atoms. The van der Waals surface area contributed by atoms with E-state index >= 15 is 0 Å². The molecule has 1 saturated heterocycles. The smallest absolute Gasteiger partial charge is 0.119 e. The predicted molar refractivity (Wildman–Crippen MR) is 80.0 cm³/mol. The second kappa shape index (κ2) is 6.78. The molecule has 106 valence electrons. The molecule has 1 heterocycles. The summed E-state index contributed by atoms with van der Waals surface area (Å²) < 4.78 is 5.63. The van der Waals surface area contributed by atoms with Crippen molar-refractivity contribution in [3.8, 4) is 5.75 Å². The molecule has 1 aliphatic rings. The Bertz CT molecular complexity index is 377. The molecule has 0 spiro atoms. The second-order valence-corrected chi connectivity index (χ2v) is 5.41. The van der Waals surface area contributed by atoms with Crippen molar-refractivity contribution in [3.05, 3.63) is 24.3 Å². The molecule has 4 heteroatoms. The fraction of sp³-hybridized carbons (Fsp3) is 0.600. The van der Waals surface area contributed by atoms with Crippen molar-refractivity contribution in [2.45, 2.75) is 26.0 Å². The van der Waals surface area contributed by atoms with Crippen LogP contribution in [-0.4, -0.2) is 50.3 Å². The SMILES string of the molecule is CC(C)Oc1ccc(NCC2CNCCN2C)cc1. The van der Waals surface area contributed by atoms with Crippen LogP contribution in [0.25, 0.3) is 0 Å². The van der Waals surface area contributed by atoms with E-state index in [1.807, 2.05) is 26.0 Å². The van der Waals surface area contributed by atoms with Crippen LogP contribution in [-0.2, 0) is 0 Å². The van der Waals surface area contributed by atoms with Gasteiger partial charge in [-0.3, -0.25) is 4.90 Å². The van der Waals surface area contributed by atoms with Crippen LogP contribution < -0.4 is 15.4 Å². The van der Waals surface area contributed by atoms with Gasteiger partial charge in [0.1, 0.15) is 5.75 Å².